The highest BCUT2D eigenvalue weighted by molar-refractivity contribution is 7.14. The van der Waals surface area contributed by atoms with Crippen LogP contribution in [-0.4, -0.2) is 20.9 Å². The predicted octanol–water partition coefficient (Wildman–Crippen LogP) is 2.07. The second kappa shape index (κ2) is 4.58. The van der Waals surface area contributed by atoms with Crippen molar-refractivity contribution in [3.05, 3.63) is 33.8 Å². The van der Waals surface area contributed by atoms with Crippen LogP contribution in [0.1, 0.15) is 20.2 Å². The molecule has 2 aromatic heterocycles. The first-order valence-corrected chi connectivity index (χ1v) is 5.83. The molecule has 0 saturated heterocycles. The van der Waals surface area contributed by atoms with Crippen LogP contribution >= 0.6 is 11.3 Å². The van der Waals surface area contributed by atoms with Gasteiger partial charge in [0.15, 0.2) is 4.88 Å². The quantitative estimate of drug-likeness (QED) is 0.904. The van der Waals surface area contributed by atoms with Crippen LogP contribution in [0.25, 0.3) is 0 Å². The average Bonchev–Trinajstić information content (AvgIpc) is 2.82. The molecule has 0 unspecified atom stereocenters. The molecule has 0 atom stereocenters. The first-order valence-electron chi connectivity index (χ1n) is 5.01. The van der Waals surface area contributed by atoms with E-state index in [-0.39, 0.29) is 11.5 Å². The summed E-state index contributed by atoms with van der Waals surface area (Å²) in [7, 11) is 1.82. The molecule has 0 aliphatic rings. The zero-order valence-electron chi connectivity index (χ0n) is 9.51. The number of ether oxygens (including phenoxy) is 1. The van der Waals surface area contributed by atoms with Crippen molar-refractivity contribution >= 4 is 17.3 Å². The van der Waals surface area contributed by atoms with Gasteiger partial charge in [-0.3, -0.25) is 4.68 Å². The van der Waals surface area contributed by atoms with Crippen molar-refractivity contribution in [3.8, 4) is 5.75 Å². The Morgan fingerprint density at radius 2 is 2.41 bits per heavy atom. The molecule has 0 saturated carbocycles. The van der Waals surface area contributed by atoms with Crippen LogP contribution in [0.4, 0.5) is 0 Å². The molecule has 1 N–H and O–H groups in total. The third-order valence-corrected chi connectivity index (χ3v) is 3.18. The maximum Gasteiger partial charge on any atom is 0.349 e. The third-order valence-electron chi connectivity index (χ3n) is 2.16. The van der Waals surface area contributed by atoms with E-state index in [9.17, 15) is 4.79 Å². The van der Waals surface area contributed by atoms with Gasteiger partial charge in [-0.15, -0.1) is 11.3 Å². The average molecular weight is 252 g/mol. The van der Waals surface area contributed by atoms with Gasteiger partial charge in [0, 0.05) is 18.1 Å². The van der Waals surface area contributed by atoms with Crippen LogP contribution in [0.2, 0.25) is 0 Å². The van der Waals surface area contributed by atoms with Gasteiger partial charge in [-0.1, -0.05) is 0 Å². The second-order valence-electron chi connectivity index (χ2n) is 3.62. The molecule has 6 heteroatoms. The molecule has 2 rings (SSSR count). The van der Waals surface area contributed by atoms with Gasteiger partial charge in [-0.2, -0.15) is 5.10 Å². The number of hydrogen-bond donors (Lipinski definition) is 1. The SMILES string of the molecule is Cc1cc(OCc2ccn(C)n2)c(C(=O)O)s1. The van der Waals surface area contributed by atoms with E-state index in [4.69, 9.17) is 9.84 Å². The molecule has 2 aromatic rings. The summed E-state index contributed by atoms with van der Waals surface area (Å²) in [6.07, 6.45) is 1.82. The minimum atomic E-state index is -0.959. The number of aromatic nitrogens is 2. The third kappa shape index (κ3) is 2.65. The Morgan fingerprint density at radius 3 is 3.00 bits per heavy atom. The van der Waals surface area contributed by atoms with Crippen LogP contribution < -0.4 is 4.74 Å². The number of carbonyl (C=O) groups is 1. The number of carboxylic acid groups (broad SMARTS) is 1. The van der Waals surface area contributed by atoms with Crippen molar-refractivity contribution in [2.24, 2.45) is 7.05 Å². The highest BCUT2D eigenvalue weighted by Crippen LogP contribution is 2.29. The van der Waals surface area contributed by atoms with Gasteiger partial charge in [0.25, 0.3) is 0 Å². The zero-order valence-corrected chi connectivity index (χ0v) is 10.3. The molecule has 0 bridgehead atoms. The number of hydrogen-bond acceptors (Lipinski definition) is 4. The van der Waals surface area contributed by atoms with Gasteiger partial charge in [0.2, 0.25) is 0 Å². The maximum atomic E-state index is 11.0. The van der Waals surface area contributed by atoms with Crippen molar-refractivity contribution in [1.29, 1.82) is 0 Å². The molecule has 0 aliphatic carbocycles. The molecule has 0 spiro atoms. The van der Waals surface area contributed by atoms with E-state index in [0.29, 0.717) is 5.75 Å². The normalized spacial score (nSPS) is 10.5. The highest BCUT2D eigenvalue weighted by atomic mass is 32.1. The van der Waals surface area contributed by atoms with E-state index in [1.807, 2.05) is 26.2 Å². The van der Waals surface area contributed by atoms with Gasteiger partial charge < -0.3 is 9.84 Å². The number of thiophene rings is 1. The Balaban J connectivity index is 2.11. The molecule has 0 aliphatic heterocycles. The van der Waals surface area contributed by atoms with E-state index < -0.39 is 5.97 Å². The van der Waals surface area contributed by atoms with E-state index in [0.717, 1.165) is 10.6 Å². The van der Waals surface area contributed by atoms with Crippen molar-refractivity contribution in [3.63, 3.8) is 0 Å². The molecule has 0 fully saturated rings. The number of carboxylic acids is 1. The summed E-state index contributed by atoms with van der Waals surface area (Å²) in [6, 6.07) is 3.57. The second-order valence-corrected chi connectivity index (χ2v) is 4.88. The zero-order chi connectivity index (χ0) is 12.4. The Labute approximate surface area is 102 Å². The smallest absolute Gasteiger partial charge is 0.349 e. The molecule has 2 heterocycles. The number of rotatable bonds is 4. The Hall–Kier alpha value is -1.82. The van der Waals surface area contributed by atoms with Gasteiger partial charge in [0.1, 0.15) is 12.4 Å². The van der Waals surface area contributed by atoms with E-state index in [1.54, 1.807) is 10.7 Å². The Bertz CT molecular complexity index is 545. The molecule has 0 radical (unpaired) electrons. The topological polar surface area (TPSA) is 64.4 Å². The summed E-state index contributed by atoms with van der Waals surface area (Å²) in [4.78, 5) is 12.1. The van der Waals surface area contributed by atoms with E-state index in [2.05, 4.69) is 5.10 Å². The van der Waals surface area contributed by atoms with Gasteiger partial charge in [0.05, 0.1) is 5.69 Å². The fraction of sp³-hybridized carbons (Fsp3) is 0.273. The highest BCUT2D eigenvalue weighted by Gasteiger charge is 2.15. The lowest BCUT2D eigenvalue weighted by Gasteiger charge is -2.02. The summed E-state index contributed by atoms with van der Waals surface area (Å²) in [5.41, 5.74) is 0.771. The monoisotopic (exact) mass is 252 g/mol. The standard InChI is InChI=1S/C11H12N2O3S/c1-7-5-9(10(17-7)11(14)15)16-6-8-3-4-13(2)12-8/h3-5H,6H2,1-2H3,(H,14,15). The van der Waals surface area contributed by atoms with Crippen LogP contribution in [0.15, 0.2) is 18.3 Å². The van der Waals surface area contributed by atoms with Crippen LogP contribution in [0, 0.1) is 6.92 Å². The summed E-state index contributed by atoms with van der Waals surface area (Å²) < 4.78 is 7.15. The molecule has 17 heavy (non-hydrogen) atoms. The number of aryl methyl sites for hydroxylation is 2. The Morgan fingerprint density at radius 1 is 1.65 bits per heavy atom. The predicted molar refractivity (Wildman–Crippen MR) is 63.6 cm³/mol. The lowest BCUT2D eigenvalue weighted by molar-refractivity contribution is 0.0697. The molecule has 5 nitrogen and oxygen atoms in total. The fourth-order valence-electron chi connectivity index (χ4n) is 1.44. The largest absolute Gasteiger partial charge is 0.485 e. The van der Waals surface area contributed by atoms with Crippen molar-refractivity contribution in [2.75, 3.05) is 0 Å². The maximum absolute atomic E-state index is 11.0. The molecular formula is C11H12N2O3S. The Kier molecular flexibility index (Phi) is 3.14. The van der Waals surface area contributed by atoms with Gasteiger partial charge in [-0.25, -0.2) is 4.79 Å². The van der Waals surface area contributed by atoms with Crippen LogP contribution in [0.3, 0.4) is 0 Å². The van der Waals surface area contributed by atoms with Crippen LogP contribution in [-0.2, 0) is 13.7 Å². The summed E-state index contributed by atoms with van der Waals surface area (Å²) in [5, 5.41) is 13.1. The van der Waals surface area contributed by atoms with E-state index >= 15 is 0 Å². The number of aromatic carboxylic acids is 1. The first-order chi connectivity index (χ1) is 8.06. The van der Waals surface area contributed by atoms with Crippen LogP contribution in [0.5, 0.6) is 5.75 Å². The first kappa shape index (κ1) is 11.7. The minimum Gasteiger partial charge on any atom is -0.485 e. The molecule has 0 amide bonds. The minimum absolute atomic E-state index is 0.235. The van der Waals surface area contributed by atoms with Gasteiger partial charge >= 0.3 is 5.97 Å². The lowest BCUT2D eigenvalue weighted by atomic mass is 10.4. The summed E-state index contributed by atoms with van der Waals surface area (Å²) in [5.74, 6) is -0.551. The molecule has 0 aromatic carbocycles. The summed E-state index contributed by atoms with van der Waals surface area (Å²) >= 11 is 1.21. The lowest BCUT2D eigenvalue weighted by Crippen LogP contribution is -2.01. The molecule has 90 valence electrons. The molecular weight excluding hydrogens is 240 g/mol. The van der Waals surface area contributed by atoms with E-state index in [1.165, 1.54) is 11.3 Å². The van der Waals surface area contributed by atoms with Gasteiger partial charge in [-0.05, 0) is 19.1 Å². The number of nitrogens with zero attached hydrogens (tertiary/aromatic N) is 2. The summed E-state index contributed by atoms with van der Waals surface area (Å²) in [6.45, 7) is 2.13. The van der Waals surface area contributed by atoms with Crippen molar-refractivity contribution < 1.29 is 14.6 Å². The fourth-order valence-corrected chi connectivity index (χ4v) is 2.23. The van der Waals surface area contributed by atoms with Crippen molar-refractivity contribution in [1.82, 2.24) is 9.78 Å². The van der Waals surface area contributed by atoms with Crippen molar-refractivity contribution in [2.45, 2.75) is 13.5 Å².